The number of anilines is 1. The fourth-order valence-electron chi connectivity index (χ4n) is 2.66. The molecule has 8 heteroatoms. The molecule has 2 aromatic rings. The lowest BCUT2D eigenvalue weighted by Gasteiger charge is -2.18. The number of hydrogen-bond donors (Lipinski definition) is 1. The van der Waals surface area contributed by atoms with Crippen molar-refractivity contribution in [2.45, 2.75) is 11.7 Å². The third-order valence-electron chi connectivity index (χ3n) is 3.94. The van der Waals surface area contributed by atoms with Gasteiger partial charge in [0.2, 0.25) is 5.91 Å². The summed E-state index contributed by atoms with van der Waals surface area (Å²) in [5.41, 5.74) is 6.62. The Balaban J connectivity index is 2.01. The molecular weight excluding hydrogens is 450 g/mol. The molecule has 1 saturated heterocycles. The van der Waals surface area contributed by atoms with E-state index in [0.29, 0.717) is 17.1 Å². The van der Waals surface area contributed by atoms with E-state index in [4.69, 9.17) is 17.3 Å². The molecule has 0 bridgehead atoms. The zero-order chi connectivity index (χ0) is 19.6. The van der Waals surface area contributed by atoms with Crippen LogP contribution in [-0.4, -0.2) is 17.1 Å². The highest BCUT2D eigenvalue weighted by Crippen LogP contribution is 2.42. The van der Waals surface area contributed by atoms with Gasteiger partial charge < -0.3 is 5.73 Å². The van der Waals surface area contributed by atoms with Gasteiger partial charge in [0.15, 0.2) is 0 Å². The molecular formula is C19H13BrClN3O2S. The average Bonchev–Trinajstić information content (AvgIpc) is 2.94. The van der Waals surface area contributed by atoms with Crippen LogP contribution in [0.15, 0.2) is 63.6 Å². The van der Waals surface area contributed by atoms with Crippen LogP contribution in [0.5, 0.6) is 0 Å². The molecule has 27 heavy (non-hydrogen) atoms. The summed E-state index contributed by atoms with van der Waals surface area (Å²) in [6, 6.07) is 16.1. The van der Waals surface area contributed by atoms with Gasteiger partial charge in [0.1, 0.15) is 16.7 Å². The van der Waals surface area contributed by atoms with E-state index >= 15 is 0 Å². The second kappa shape index (κ2) is 8.17. The third-order valence-corrected chi connectivity index (χ3v) is 5.99. The molecule has 3 rings (SSSR count). The number of carbonyl (C=O) groups excluding carboxylic acids is 2. The van der Waals surface area contributed by atoms with Crippen LogP contribution in [0.25, 0.3) is 0 Å². The maximum absolute atomic E-state index is 13.1. The van der Waals surface area contributed by atoms with E-state index in [1.54, 1.807) is 24.3 Å². The summed E-state index contributed by atoms with van der Waals surface area (Å²) < 4.78 is 0.945. The molecule has 5 nitrogen and oxygen atoms in total. The molecule has 0 radical (unpaired) electrons. The molecule has 1 unspecified atom stereocenters. The molecule has 1 heterocycles. The SMILES string of the molecule is N#CC(C(N)=O)=C1SC(Cc2ccc(Br)cc2)C(=O)N1c1ccc(Cl)cc1. The Kier molecular flexibility index (Phi) is 5.90. The van der Waals surface area contributed by atoms with E-state index in [2.05, 4.69) is 15.9 Å². The molecule has 0 aromatic heterocycles. The van der Waals surface area contributed by atoms with Crippen molar-refractivity contribution in [3.63, 3.8) is 0 Å². The van der Waals surface area contributed by atoms with Gasteiger partial charge in [-0.1, -0.05) is 51.4 Å². The Bertz CT molecular complexity index is 968. The fraction of sp³-hybridized carbons (Fsp3) is 0.105. The minimum absolute atomic E-state index is 0.214. The van der Waals surface area contributed by atoms with Crippen molar-refractivity contribution in [2.75, 3.05) is 4.90 Å². The van der Waals surface area contributed by atoms with Crippen LogP contribution in [0.2, 0.25) is 5.02 Å². The number of hydrogen-bond acceptors (Lipinski definition) is 4. The number of halogens is 2. The minimum atomic E-state index is -0.865. The first-order valence-electron chi connectivity index (χ1n) is 7.85. The predicted octanol–water partition coefficient (Wildman–Crippen LogP) is 4.01. The number of nitrogens with two attached hydrogens (primary N) is 1. The molecule has 2 N–H and O–H groups in total. The summed E-state index contributed by atoms with van der Waals surface area (Å²) in [4.78, 5) is 26.2. The standard InChI is InChI=1S/C19H13BrClN3O2S/c20-12-3-1-11(2-4-12)9-16-18(26)24(14-7-5-13(21)6-8-14)19(27-16)15(10-22)17(23)25/h1-8,16H,9H2,(H2,23,25). The Hall–Kier alpha value is -2.27. The number of nitrogens with zero attached hydrogens (tertiary/aromatic N) is 2. The number of carbonyl (C=O) groups is 2. The van der Waals surface area contributed by atoms with Crippen LogP contribution in [0.1, 0.15) is 5.56 Å². The van der Waals surface area contributed by atoms with Gasteiger partial charge in [0.25, 0.3) is 5.91 Å². The topological polar surface area (TPSA) is 87.2 Å². The van der Waals surface area contributed by atoms with Gasteiger partial charge in [-0.25, -0.2) is 0 Å². The first kappa shape index (κ1) is 19.5. The summed E-state index contributed by atoms with van der Waals surface area (Å²) in [6.07, 6.45) is 0.460. The summed E-state index contributed by atoms with van der Waals surface area (Å²) in [5, 5.41) is 9.67. The number of primary amides is 1. The predicted molar refractivity (Wildman–Crippen MR) is 110 cm³/mol. The van der Waals surface area contributed by atoms with Gasteiger partial charge in [-0.3, -0.25) is 14.5 Å². The van der Waals surface area contributed by atoms with Crippen molar-refractivity contribution in [1.82, 2.24) is 0 Å². The van der Waals surface area contributed by atoms with E-state index in [1.165, 1.54) is 16.7 Å². The highest BCUT2D eigenvalue weighted by atomic mass is 79.9. The van der Waals surface area contributed by atoms with E-state index < -0.39 is 11.2 Å². The van der Waals surface area contributed by atoms with Gasteiger partial charge in [-0.05, 0) is 48.4 Å². The Labute approximate surface area is 173 Å². The molecule has 0 spiro atoms. The van der Waals surface area contributed by atoms with Crippen LogP contribution >= 0.6 is 39.3 Å². The Morgan fingerprint density at radius 3 is 2.41 bits per heavy atom. The van der Waals surface area contributed by atoms with Gasteiger partial charge in [0, 0.05) is 15.2 Å². The zero-order valence-electron chi connectivity index (χ0n) is 13.9. The molecule has 136 valence electrons. The maximum atomic E-state index is 13.1. The lowest BCUT2D eigenvalue weighted by molar-refractivity contribution is -0.117. The van der Waals surface area contributed by atoms with Crippen LogP contribution in [0.3, 0.4) is 0 Å². The van der Waals surface area contributed by atoms with Crippen molar-refractivity contribution < 1.29 is 9.59 Å². The van der Waals surface area contributed by atoms with E-state index in [9.17, 15) is 14.9 Å². The minimum Gasteiger partial charge on any atom is -0.365 e. The maximum Gasteiger partial charge on any atom is 0.262 e. The lowest BCUT2D eigenvalue weighted by Crippen LogP contribution is -2.31. The molecule has 1 aliphatic rings. The molecule has 1 aliphatic heterocycles. The third kappa shape index (κ3) is 4.19. The average molecular weight is 463 g/mol. The van der Waals surface area contributed by atoms with Gasteiger partial charge >= 0.3 is 0 Å². The first-order valence-corrected chi connectivity index (χ1v) is 9.90. The molecule has 0 aliphatic carbocycles. The molecule has 1 atom stereocenters. The monoisotopic (exact) mass is 461 g/mol. The van der Waals surface area contributed by atoms with Crippen molar-refractivity contribution in [1.29, 1.82) is 5.26 Å². The summed E-state index contributed by atoms with van der Waals surface area (Å²) in [7, 11) is 0. The summed E-state index contributed by atoms with van der Waals surface area (Å²) >= 11 is 10.5. The largest absolute Gasteiger partial charge is 0.365 e. The smallest absolute Gasteiger partial charge is 0.262 e. The quantitative estimate of drug-likeness (QED) is 0.549. The van der Waals surface area contributed by atoms with Crippen molar-refractivity contribution >= 4 is 56.8 Å². The lowest BCUT2D eigenvalue weighted by atomic mass is 10.1. The number of thioether (sulfide) groups is 1. The second-order valence-corrected chi connectivity index (χ2v) is 8.29. The summed E-state index contributed by atoms with van der Waals surface area (Å²) in [5.74, 6) is -1.08. The zero-order valence-corrected chi connectivity index (χ0v) is 17.0. The Morgan fingerprint density at radius 2 is 1.85 bits per heavy atom. The highest BCUT2D eigenvalue weighted by Gasteiger charge is 2.40. The van der Waals surface area contributed by atoms with Crippen LogP contribution in [0.4, 0.5) is 5.69 Å². The van der Waals surface area contributed by atoms with Crippen LogP contribution < -0.4 is 10.6 Å². The molecule has 2 amide bonds. The van der Waals surface area contributed by atoms with E-state index in [1.807, 2.05) is 30.3 Å². The summed E-state index contributed by atoms with van der Waals surface area (Å²) in [6.45, 7) is 0. The van der Waals surface area contributed by atoms with Gasteiger partial charge in [-0.15, -0.1) is 0 Å². The normalized spacial score (nSPS) is 18.3. The fourth-order valence-corrected chi connectivity index (χ4v) is 4.37. The van der Waals surface area contributed by atoms with Gasteiger partial charge in [-0.2, -0.15) is 5.26 Å². The second-order valence-electron chi connectivity index (χ2n) is 5.74. The molecule has 1 fully saturated rings. The first-order chi connectivity index (χ1) is 12.9. The van der Waals surface area contributed by atoms with Gasteiger partial charge in [0.05, 0.1) is 5.25 Å². The van der Waals surface area contributed by atoms with Crippen molar-refractivity contribution in [3.8, 4) is 6.07 Å². The van der Waals surface area contributed by atoms with E-state index in [-0.39, 0.29) is 16.5 Å². The number of nitriles is 1. The van der Waals surface area contributed by atoms with Crippen molar-refractivity contribution in [3.05, 3.63) is 74.2 Å². The molecule has 2 aromatic carbocycles. The van der Waals surface area contributed by atoms with Crippen LogP contribution in [0, 0.1) is 11.3 Å². The highest BCUT2D eigenvalue weighted by molar-refractivity contribution is 9.10. The van der Waals surface area contributed by atoms with E-state index in [0.717, 1.165) is 10.0 Å². The number of benzene rings is 2. The number of rotatable bonds is 4. The van der Waals surface area contributed by atoms with Crippen LogP contribution in [-0.2, 0) is 16.0 Å². The number of amides is 2. The van der Waals surface area contributed by atoms with Crippen molar-refractivity contribution in [2.24, 2.45) is 5.73 Å². The molecule has 0 saturated carbocycles. The Morgan fingerprint density at radius 1 is 1.22 bits per heavy atom.